The van der Waals surface area contributed by atoms with Crippen molar-refractivity contribution < 1.29 is 5.11 Å². The van der Waals surface area contributed by atoms with Gasteiger partial charge in [0.2, 0.25) is 0 Å². The zero-order valence-corrected chi connectivity index (χ0v) is 10.4. The Kier molecular flexibility index (Phi) is 4.25. The second-order valence-electron chi connectivity index (χ2n) is 4.21. The van der Waals surface area contributed by atoms with Gasteiger partial charge < -0.3 is 5.11 Å². The third-order valence-electron chi connectivity index (χ3n) is 2.61. The van der Waals surface area contributed by atoms with Crippen molar-refractivity contribution in [3.05, 3.63) is 53.9 Å². The minimum Gasteiger partial charge on any atom is -0.391 e. The molecule has 0 spiro atoms. The number of aliphatic hydroxyl groups is 1. The zero-order valence-electron chi connectivity index (χ0n) is 10.4. The van der Waals surface area contributed by atoms with E-state index in [0.29, 0.717) is 13.0 Å². The largest absolute Gasteiger partial charge is 0.391 e. The monoisotopic (exact) mass is 243 g/mol. The van der Waals surface area contributed by atoms with E-state index in [-0.39, 0.29) is 0 Å². The molecule has 0 bridgehead atoms. The molecule has 1 aromatic heterocycles. The van der Waals surface area contributed by atoms with E-state index in [1.807, 2.05) is 55.6 Å². The fourth-order valence-electron chi connectivity index (χ4n) is 1.82. The molecule has 1 heterocycles. The average Bonchev–Trinajstić information content (AvgIpc) is 2.78. The van der Waals surface area contributed by atoms with Crippen molar-refractivity contribution in [2.75, 3.05) is 0 Å². The van der Waals surface area contributed by atoms with Crippen LogP contribution in [0.3, 0.4) is 0 Å². The Labute approximate surface area is 107 Å². The molecule has 0 aliphatic carbocycles. The van der Waals surface area contributed by atoms with Crippen LogP contribution in [0.15, 0.2) is 42.6 Å². The first-order chi connectivity index (χ1) is 8.78. The summed E-state index contributed by atoms with van der Waals surface area (Å²) in [5.74, 6) is 0. The molecule has 1 aromatic carbocycles. The minimum absolute atomic E-state index is 0.451. The van der Waals surface area contributed by atoms with Crippen molar-refractivity contribution in [2.45, 2.75) is 26.0 Å². The molecule has 0 aliphatic rings. The predicted molar refractivity (Wildman–Crippen MR) is 70.9 cm³/mol. The van der Waals surface area contributed by atoms with Crippen molar-refractivity contribution in [3.8, 4) is 0 Å². The van der Waals surface area contributed by atoms with E-state index >= 15 is 0 Å². The van der Waals surface area contributed by atoms with Crippen LogP contribution in [0.4, 0.5) is 0 Å². The summed E-state index contributed by atoms with van der Waals surface area (Å²) in [6, 6.07) is 9.94. The topological polar surface area (TPSA) is 50.9 Å². The second-order valence-corrected chi connectivity index (χ2v) is 4.21. The number of allylic oxidation sites excluding steroid dienone is 1. The maximum atomic E-state index is 9.99. The van der Waals surface area contributed by atoms with Crippen LogP contribution >= 0.6 is 0 Å². The van der Waals surface area contributed by atoms with Gasteiger partial charge in [0.1, 0.15) is 5.69 Å². The molecule has 0 unspecified atom stereocenters. The Bertz CT molecular complexity index is 505. The molecule has 1 N–H and O–H groups in total. The van der Waals surface area contributed by atoms with Crippen LogP contribution in [0.2, 0.25) is 0 Å². The van der Waals surface area contributed by atoms with Gasteiger partial charge in [-0.25, -0.2) is 4.68 Å². The molecule has 4 nitrogen and oxygen atoms in total. The van der Waals surface area contributed by atoms with Crippen molar-refractivity contribution in [3.63, 3.8) is 0 Å². The molecule has 2 rings (SSSR count). The Hall–Kier alpha value is -1.94. The summed E-state index contributed by atoms with van der Waals surface area (Å²) in [7, 11) is 0. The number of hydrogen-bond acceptors (Lipinski definition) is 3. The van der Waals surface area contributed by atoms with E-state index in [1.165, 1.54) is 0 Å². The lowest BCUT2D eigenvalue weighted by Crippen LogP contribution is -2.19. The molecular weight excluding hydrogens is 226 g/mol. The lowest BCUT2D eigenvalue weighted by molar-refractivity contribution is 0.148. The van der Waals surface area contributed by atoms with Gasteiger partial charge in [0, 0.05) is 6.42 Å². The number of aromatic nitrogens is 3. The normalized spacial score (nSPS) is 13.0. The first-order valence-corrected chi connectivity index (χ1v) is 6.02. The first-order valence-electron chi connectivity index (χ1n) is 6.02. The Morgan fingerprint density at radius 3 is 2.83 bits per heavy atom. The van der Waals surface area contributed by atoms with E-state index in [0.717, 1.165) is 11.3 Å². The van der Waals surface area contributed by atoms with E-state index in [4.69, 9.17) is 0 Å². The molecule has 1 atom stereocenters. The number of aliphatic hydroxyl groups excluding tert-OH is 1. The lowest BCUT2D eigenvalue weighted by atomic mass is 10.1. The fraction of sp³-hybridized carbons (Fsp3) is 0.286. The summed E-state index contributed by atoms with van der Waals surface area (Å²) in [5, 5.41) is 17.9. The highest BCUT2D eigenvalue weighted by Gasteiger charge is 2.07. The van der Waals surface area contributed by atoms with Crippen molar-refractivity contribution in [1.82, 2.24) is 15.0 Å². The first kappa shape index (κ1) is 12.5. The second kappa shape index (κ2) is 6.12. The molecule has 0 aliphatic heterocycles. The van der Waals surface area contributed by atoms with Gasteiger partial charge in [-0.05, 0) is 18.6 Å². The maximum Gasteiger partial charge on any atom is 0.105 e. The fourth-order valence-corrected chi connectivity index (χ4v) is 1.82. The highest BCUT2D eigenvalue weighted by molar-refractivity contribution is 5.41. The van der Waals surface area contributed by atoms with Crippen LogP contribution in [-0.2, 0) is 13.0 Å². The summed E-state index contributed by atoms with van der Waals surface area (Å²) in [6.07, 6.45) is 5.79. The standard InChI is InChI=1S/C14H17N3O/c1-2-6-13-10-17(16-15-13)11-14(18)9-12-7-4-3-5-8-12/h2-8,10,14,18H,9,11H2,1H3/b6-2+/t14-/m0/s1. The Morgan fingerprint density at radius 2 is 2.11 bits per heavy atom. The molecule has 0 saturated carbocycles. The van der Waals surface area contributed by atoms with Gasteiger partial charge >= 0.3 is 0 Å². The van der Waals surface area contributed by atoms with Crippen molar-refractivity contribution in [1.29, 1.82) is 0 Å². The molecule has 18 heavy (non-hydrogen) atoms. The number of rotatable bonds is 5. The summed E-state index contributed by atoms with van der Waals surface area (Å²) in [5.41, 5.74) is 1.93. The van der Waals surface area contributed by atoms with Crippen LogP contribution in [0.25, 0.3) is 6.08 Å². The molecule has 2 aromatic rings. The SMILES string of the molecule is C/C=C/c1cn(C[C@@H](O)Cc2ccccc2)nn1. The van der Waals surface area contributed by atoms with E-state index in [2.05, 4.69) is 10.3 Å². The smallest absolute Gasteiger partial charge is 0.105 e. The molecule has 0 saturated heterocycles. The van der Waals surface area contributed by atoms with Crippen LogP contribution in [0.1, 0.15) is 18.2 Å². The van der Waals surface area contributed by atoms with Gasteiger partial charge in [-0.15, -0.1) is 5.10 Å². The van der Waals surface area contributed by atoms with Crippen molar-refractivity contribution in [2.24, 2.45) is 0 Å². The van der Waals surface area contributed by atoms with Gasteiger partial charge in [-0.3, -0.25) is 0 Å². The van der Waals surface area contributed by atoms with E-state index in [9.17, 15) is 5.11 Å². The molecule has 0 fully saturated rings. The molecule has 4 heteroatoms. The van der Waals surface area contributed by atoms with Crippen molar-refractivity contribution >= 4 is 6.08 Å². The molecular formula is C14H17N3O. The number of nitrogens with zero attached hydrogens (tertiary/aromatic N) is 3. The van der Waals surface area contributed by atoms with Crippen LogP contribution in [0.5, 0.6) is 0 Å². The third kappa shape index (κ3) is 3.53. The zero-order chi connectivity index (χ0) is 12.8. The quantitative estimate of drug-likeness (QED) is 0.872. The number of benzene rings is 1. The predicted octanol–water partition coefficient (Wildman–Crippen LogP) is 1.91. The summed E-state index contributed by atoms with van der Waals surface area (Å²) in [4.78, 5) is 0. The van der Waals surface area contributed by atoms with Gasteiger partial charge in [0.05, 0.1) is 18.8 Å². The highest BCUT2D eigenvalue weighted by Crippen LogP contribution is 2.05. The van der Waals surface area contributed by atoms with E-state index in [1.54, 1.807) is 4.68 Å². The third-order valence-corrected chi connectivity index (χ3v) is 2.61. The van der Waals surface area contributed by atoms with Gasteiger partial charge in [0.15, 0.2) is 0 Å². The summed E-state index contributed by atoms with van der Waals surface area (Å²) in [6.45, 7) is 2.39. The van der Waals surface area contributed by atoms with Gasteiger partial charge in [0.25, 0.3) is 0 Å². The van der Waals surface area contributed by atoms with E-state index < -0.39 is 6.10 Å². The number of hydrogen-bond donors (Lipinski definition) is 1. The molecule has 0 amide bonds. The summed E-state index contributed by atoms with van der Waals surface area (Å²) >= 11 is 0. The Morgan fingerprint density at radius 1 is 1.33 bits per heavy atom. The van der Waals surface area contributed by atoms with Gasteiger partial charge in [-0.2, -0.15) is 0 Å². The summed E-state index contributed by atoms with van der Waals surface area (Å²) < 4.78 is 1.67. The van der Waals surface area contributed by atoms with Crippen LogP contribution in [-0.4, -0.2) is 26.2 Å². The molecule has 0 radical (unpaired) electrons. The molecule has 94 valence electrons. The Balaban J connectivity index is 1.92. The minimum atomic E-state index is -0.451. The lowest BCUT2D eigenvalue weighted by Gasteiger charge is -2.09. The van der Waals surface area contributed by atoms with Crippen LogP contribution < -0.4 is 0 Å². The van der Waals surface area contributed by atoms with Crippen LogP contribution in [0, 0.1) is 0 Å². The average molecular weight is 243 g/mol. The maximum absolute atomic E-state index is 9.99. The highest BCUT2D eigenvalue weighted by atomic mass is 16.3. The van der Waals surface area contributed by atoms with Gasteiger partial charge in [-0.1, -0.05) is 41.6 Å².